The van der Waals surface area contributed by atoms with E-state index in [0.29, 0.717) is 17.4 Å². The van der Waals surface area contributed by atoms with Crippen molar-refractivity contribution in [1.82, 2.24) is 25.4 Å². The summed E-state index contributed by atoms with van der Waals surface area (Å²) >= 11 is 0. The number of rotatable bonds is 2. The zero-order chi connectivity index (χ0) is 12.7. The van der Waals surface area contributed by atoms with Crippen LogP contribution in [-0.2, 0) is 5.41 Å². The molecular weight excluding hydrogens is 242 g/mol. The Hall–Kier alpha value is -1.82. The fraction of sp³-hybridized carbons (Fsp3) is 0.538. The minimum absolute atomic E-state index is 0.0491. The van der Waals surface area contributed by atoms with Crippen molar-refractivity contribution >= 4 is 0 Å². The fourth-order valence-corrected chi connectivity index (χ4v) is 3.45. The molecule has 4 rings (SSSR count). The molecule has 0 spiro atoms. The monoisotopic (exact) mass is 257 g/mol. The lowest BCUT2D eigenvalue weighted by molar-refractivity contribution is 0.265. The number of fused-ring (bicyclic) bond motifs is 1. The SMILES string of the molecule is c1cnc(-c2noc([C@]34CCC[C@H]3CNC4)n2)cn1. The molecule has 98 valence electrons. The molecule has 0 radical (unpaired) electrons. The van der Waals surface area contributed by atoms with Crippen LogP contribution in [0.3, 0.4) is 0 Å². The van der Waals surface area contributed by atoms with Crippen molar-refractivity contribution in [3.05, 3.63) is 24.5 Å². The summed E-state index contributed by atoms with van der Waals surface area (Å²) in [6, 6.07) is 0. The summed E-state index contributed by atoms with van der Waals surface area (Å²) in [4.78, 5) is 12.8. The van der Waals surface area contributed by atoms with Gasteiger partial charge in [0.25, 0.3) is 0 Å². The second kappa shape index (κ2) is 4.09. The van der Waals surface area contributed by atoms with E-state index >= 15 is 0 Å². The van der Waals surface area contributed by atoms with Crippen LogP contribution in [0.1, 0.15) is 25.2 Å². The van der Waals surface area contributed by atoms with E-state index in [9.17, 15) is 0 Å². The second-order valence-corrected chi connectivity index (χ2v) is 5.39. The van der Waals surface area contributed by atoms with E-state index < -0.39 is 0 Å². The number of hydrogen-bond donors (Lipinski definition) is 1. The Bertz CT molecular complexity index is 572. The molecule has 2 aliphatic rings. The van der Waals surface area contributed by atoms with Gasteiger partial charge in [0.15, 0.2) is 0 Å². The smallest absolute Gasteiger partial charge is 0.234 e. The third-order valence-corrected chi connectivity index (χ3v) is 4.43. The van der Waals surface area contributed by atoms with Crippen molar-refractivity contribution in [3.8, 4) is 11.5 Å². The molecule has 1 saturated heterocycles. The summed E-state index contributed by atoms with van der Waals surface area (Å²) in [5.74, 6) is 1.93. The number of aromatic nitrogens is 4. The Morgan fingerprint density at radius 1 is 1.37 bits per heavy atom. The molecule has 0 aromatic carbocycles. The molecule has 1 aliphatic carbocycles. The average Bonchev–Trinajstić information content (AvgIpc) is 3.14. The summed E-state index contributed by atoms with van der Waals surface area (Å²) in [5, 5.41) is 7.53. The van der Waals surface area contributed by atoms with Gasteiger partial charge in [0.2, 0.25) is 11.7 Å². The molecule has 0 bridgehead atoms. The first-order valence-corrected chi connectivity index (χ1v) is 6.70. The summed E-state index contributed by atoms with van der Waals surface area (Å²) < 4.78 is 5.54. The van der Waals surface area contributed by atoms with Gasteiger partial charge in [-0.15, -0.1) is 0 Å². The lowest BCUT2D eigenvalue weighted by atomic mass is 9.80. The minimum Gasteiger partial charge on any atom is -0.338 e. The van der Waals surface area contributed by atoms with Crippen LogP contribution in [0.2, 0.25) is 0 Å². The number of nitrogens with one attached hydrogen (secondary N) is 1. The first kappa shape index (κ1) is 11.0. The molecule has 2 atom stereocenters. The van der Waals surface area contributed by atoms with Crippen molar-refractivity contribution in [2.24, 2.45) is 5.92 Å². The topological polar surface area (TPSA) is 76.7 Å². The van der Waals surface area contributed by atoms with Crippen molar-refractivity contribution in [3.63, 3.8) is 0 Å². The van der Waals surface area contributed by atoms with Gasteiger partial charge >= 0.3 is 0 Å². The van der Waals surface area contributed by atoms with Crippen LogP contribution < -0.4 is 5.32 Å². The summed E-state index contributed by atoms with van der Waals surface area (Å²) in [7, 11) is 0. The van der Waals surface area contributed by atoms with Crippen molar-refractivity contribution < 1.29 is 4.52 Å². The van der Waals surface area contributed by atoms with Crippen LogP contribution in [0, 0.1) is 5.92 Å². The molecule has 0 unspecified atom stereocenters. The molecule has 2 aromatic heterocycles. The molecular formula is C13H15N5O. The van der Waals surface area contributed by atoms with Gasteiger partial charge in [-0.1, -0.05) is 11.6 Å². The molecule has 2 fully saturated rings. The lowest BCUT2D eigenvalue weighted by Gasteiger charge is -2.22. The maximum atomic E-state index is 5.54. The Kier molecular flexibility index (Phi) is 2.38. The summed E-state index contributed by atoms with van der Waals surface area (Å²) in [5.41, 5.74) is 0.711. The van der Waals surface area contributed by atoms with E-state index in [1.807, 2.05) is 0 Å². The van der Waals surface area contributed by atoms with E-state index in [1.165, 1.54) is 12.8 Å². The number of hydrogen-bond acceptors (Lipinski definition) is 6. The average molecular weight is 257 g/mol. The van der Waals surface area contributed by atoms with Crippen LogP contribution in [0.15, 0.2) is 23.1 Å². The molecule has 0 amide bonds. The molecule has 19 heavy (non-hydrogen) atoms. The van der Waals surface area contributed by atoms with Gasteiger partial charge in [-0.3, -0.25) is 4.98 Å². The fourth-order valence-electron chi connectivity index (χ4n) is 3.45. The van der Waals surface area contributed by atoms with Crippen LogP contribution >= 0.6 is 0 Å². The predicted octanol–water partition coefficient (Wildman–Crippen LogP) is 1.17. The third kappa shape index (κ3) is 1.59. The Labute approximate surface area is 110 Å². The van der Waals surface area contributed by atoms with E-state index in [2.05, 4.69) is 25.4 Å². The Morgan fingerprint density at radius 2 is 2.37 bits per heavy atom. The predicted molar refractivity (Wildman–Crippen MR) is 67.2 cm³/mol. The summed E-state index contributed by atoms with van der Waals surface area (Å²) in [6.45, 7) is 2.00. The first-order valence-electron chi connectivity index (χ1n) is 6.70. The highest BCUT2D eigenvalue weighted by Gasteiger charge is 2.51. The molecule has 1 aliphatic heterocycles. The largest absolute Gasteiger partial charge is 0.338 e. The van der Waals surface area contributed by atoms with Crippen molar-refractivity contribution in [1.29, 1.82) is 0 Å². The Morgan fingerprint density at radius 3 is 3.26 bits per heavy atom. The quantitative estimate of drug-likeness (QED) is 0.870. The van der Waals surface area contributed by atoms with E-state index in [0.717, 1.165) is 25.4 Å². The van der Waals surface area contributed by atoms with Crippen molar-refractivity contribution in [2.75, 3.05) is 13.1 Å². The van der Waals surface area contributed by atoms with Gasteiger partial charge in [-0.2, -0.15) is 4.98 Å². The maximum absolute atomic E-state index is 5.54. The summed E-state index contributed by atoms with van der Waals surface area (Å²) in [6.07, 6.45) is 8.55. The molecule has 1 N–H and O–H groups in total. The van der Waals surface area contributed by atoms with Crippen molar-refractivity contribution in [2.45, 2.75) is 24.7 Å². The molecule has 2 aromatic rings. The number of nitrogens with zero attached hydrogens (tertiary/aromatic N) is 4. The normalized spacial score (nSPS) is 29.6. The van der Waals surface area contributed by atoms with Crippen LogP contribution in [0.5, 0.6) is 0 Å². The lowest BCUT2D eigenvalue weighted by Crippen LogP contribution is -2.31. The van der Waals surface area contributed by atoms with Gasteiger partial charge in [0.1, 0.15) is 5.69 Å². The van der Waals surface area contributed by atoms with Crippen LogP contribution in [-0.4, -0.2) is 33.2 Å². The maximum Gasteiger partial charge on any atom is 0.234 e. The highest BCUT2D eigenvalue weighted by atomic mass is 16.5. The zero-order valence-corrected chi connectivity index (χ0v) is 10.5. The van der Waals surface area contributed by atoms with Gasteiger partial charge in [-0.25, -0.2) is 4.98 Å². The van der Waals surface area contributed by atoms with Gasteiger partial charge in [0, 0.05) is 18.9 Å². The Balaban J connectivity index is 1.72. The standard InChI is InChI=1S/C13H15N5O/c1-2-9-6-15-8-13(9,3-1)12-17-11(18-19-12)10-7-14-4-5-16-10/h4-5,7,9,15H,1-3,6,8H2/t9-,13-/m0/s1. The molecule has 3 heterocycles. The van der Waals surface area contributed by atoms with E-state index in [-0.39, 0.29) is 5.41 Å². The molecule has 6 heteroatoms. The van der Waals surface area contributed by atoms with E-state index in [4.69, 9.17) is 4.52 Å². The van der Waals surface area contributed by atoms with Gasteiger partial charge in [0.05, 0.1) is 11.6 Å². The first-order chi connectivity index (χ1) is 9.38. The second-order valence-electron chi connectivity index (χ2n) is 5.39. The van der Waals surface area contributed by atoms with Gasteiger partial charge < -0.3 is 9.84 Å². The van der Waals surface area contributed by atoms with Crippen LogP contribution in [0.4, 0.5) is 0 Å². The zero-order valence-electron chi connectivity index (χ0n) is 10.5. The third-order valence-electron chi connectivity index (χ3n) is 4.43. The highest BCUT2D eigenvalue weighted by molar-refractivity contribution is 5.45. The van der Waals surface area contributed by atoms with E-state index in [1.54, 1.807) is 18.6 Å². The van der Waals surface area contributed by atoms with Gasteiger partial charge in [-0.05, 0) is 25.3 Å². The molecule has 1 saturated carbocycles. The molecule has 6 nitrogen and oxygen atoms in total. The van der Waals surface area contributed by atoms with Crippen LogP contribution in [0.25, 0.3) is 11.5 Å². The highest BCUT2D eigenvalue weighted by Crippen LogP contribution is 2.47. The minimum atomic E-state index is 0.0491.